The van der Waals surface area contributed by atoms with Gasteiger partial charge in [-0.1, -0.05) is 0 Å². The molecule has 1 aliphatic rings. The number of piperidine rings is 1. The first-order valence-corrected chi connectivity index (χ1v) is 8.77. The minimum Gasteiger partial charge on any atom is -0.469 e. The van der Waals surface area contributed by atoms with E-state index >= 15 is 0 Å². The molecule has 1 aromatic rings. The third kappa shape index (κ3) is 6.78. The molecule has 7 heteroatoms. The summed E-state index contributed by atoms with van der Waals surface area (Å²) in [6.45, 7) is 7.00. The van der Waals surface area contributed by atoms with Gasteiger partial charge < -0.3 is 14.1 Å². The van der Waals surface area contributed by atoms with Gasteiger partial charge in [0.2, 0.25) is 5.91 Å². The smallest absolute Gasteiger partial charge is 0.410 e. The highest BCUT2D eigenvalue weighted by molar-refractivity contribution is 5.78. The molecule has 1 fully saturated rings. The SMILES string of the molecule is CC(C)(C)OC(=O)N1CCC(C(=O)NOCCCc2ccco2)CC1. The van der Waals surface area contributed by atoms with Gasteiger partial charge in [0, 0.05) is 25.4 Å². The van der Waals surface area contributed by atoms with E-state index in [0.29, 0.717) is 32.5 Å². The molecular formula is C18H28N2O5. The molecule has 0 radical (unpaired) electrons. The standard InChI is InChI=1S/C18H28N2O5/c1-18(2,3)25-17(22)20-10-8-14(9-11-20)16(21)19-24-13-5-7-15-6-4-12-23-15/h4,6,12,14H,5,7-11,13H2,1-3H3,(H,19,21). The Bertz CT molecular complexity index is 542. The summed E-state index contributed by atoms with van der Waals surface area (Å²) in [7, 11) is 0. The molecule has 0 atom stereocenters. The van der Waals surface area contributed by atoms with Crippen LogP contribution < -0.4 is 5.48 Å². The van der Waals surface area contributed by atoms with Crippen LogP contribution in [0, 0.1) is 5.92 Å². The number of hydrogen-bond donors (Lipinski definition) is 1. The van der Waals surface area contributed by atoms with E-state index in [1.807, 2.05) is 32.9 Å². The van der Waals surface area contributed by atoms with Gasteiger partial charge in [0.1, 0.15) is 11.4 Å². The number of amides is 2. The van der Waals surface area contributed by atoms with Gasteiger partial charge in [0.05, 0.1) is 12.9 Å². The number of nitrogens with one attached hydrogen (secondary N) is 1. The van der Waals surface area contributed by atoms with Crippen molar-refractivity contribution in [2.45, 2.75) is 52.1 Å². The van der Waals surface area contributed by atoms with Crippen LogP contribution in [0.2, 0.25) is 0 Å². The van der Waals surface area contributed by atoms with Crippen LogP contribution in [0.15, 0.2) is 22.8 Å². The van der Waals surface area contributed by atoms with Crippen LogP contribution in [0.1, 0.15) is 45.8 Å². The first-order chi connectivity index (χ1) is 11.8. The summed E-state index contributed by atoms with van der Waals surface area (Å²) in [5.74, 6) is 0.648. The number of furan rings is 1. The van der Waals surface area contributed by atoms with Crippen LogP contribution in [0.5, 0.6) is 0 Å². The summed E-state index contributed by atoms with van der Waals surface area (Å²) < 4.78 is 10.6. The van der Waals surface area contributed by atoms with Crippen molar-refractivity contribution in [3.05, 3.63) is 24.2 Å². The van der Waals surface area contributed by atoms with E-state index < -0.39 is 5.60 Å². The highest BCUT2D eigenvalue weighted by atomic mass is 16.6. The fraction of sp³-hybridized carbons (Fsp3) is 0.667. The number of carbonyl (C=O) groups is 2. The molecule has 0 saturated carbocycles. The van der Waals surface area contributed by atoms with Crippen molar-refractivity contribution in [2.75, 3.05) is 19.7 Å². The van der Waals surface area contributed by atoms with Crippen LogP contribution in [0.3, 0.4) is 0 Å². The van der Waals surface area contributed by atoms with Crippen molar-refractivity contribution in [3.8, 4) is 0 Å². The quantitative estimate of drug-likeness (QED) is 0.629. The van der Waals surface area contributed by atoms with Gasteiger partial charge in [0.15, 0.2) is 0 Å². The van der Waals surface area contributed by atoms with Crippen molar-refractivity contribution in [3.63, 3.8) is 0 Å². The number of ether oxygens (including phenoxy) is 1. The maximum Gasteiger partial charge on any atom is 0.410 e. The Balaban J connectivity index is 1.60. The largest absolute Gasteiger partial charge is 0.469 e. The molecule has 1 aliphatic heterocycles. The predicted octanol–water partition coefficient (Wildman–Crippen LogP) is 2.91. The number of rotatable bonds is 6. The number of nitrogens with zero attached hydrogens (tertiary/aromatic N) is 1. The Morgan fingerprint density at radius 3 is 2.64 bits per heavy atom. The summed E-state index contributed by atoms with van der Waals surface area (Å²) >= 11 is 0. The van der Waals surface area contributed by atoms with E-state index in [1.54, 1.807) is 11.2 Å². The van der Waals surface area contributed by atoms with Crippen LogP contribution >= 0.6 is 0 Å². The fourth-order valence-electron chi connectivity index (χ4n) is 2.63. The molecule has 2 heterocycles. The van der Waals surface area contributed by atoms with Crippen molar-refractivity contribution in [2.24, 2.45) is 5.92 Å². The zero-order chi connectivity index (χ0) is 18.3. The molecule has 140 valence electrons. The molecule has 0 aromatic carbocycles. The second-order valence-corrected chi connectivity index (χ2v) is 7.24. The lowest BCUT2D eigenvalue weighted by molar-refractivity contribution is -0.139. The van der Waals surface area contributed by atoms with Crippen LogP contribution in [-0.2, 0) is 20.8 Å². The van der Waals surface area contributed by atoms with E-state index in [-0.39, 0.29) is 17.9 Å². The number of carbonyl (C=O) groups excluding carboxylic acids is 2. The lowest BCUT2D eigenvalue weighted by Crippen LogP contribution is -2.44. The zero-order valence-corrected chi connectivity index (χ0v) is 15.2. The maximum absolute atomic E-state index is 12.1. The topological polar surface area (TPSA) is 81.0 Å². The molecule has 1 saturated heterocycles. The van der Waals surface area contributed by atoms with Gasteiger partial charge in [0.25, 0.3) is 0 Å². The Kier molecular flexibility index (Phi) is 6.87. The second-order valence-electron chi connectivity index (χ2n) is 7.24. The van der Waals surface area contributed by atoms with Gasteiger partial charge in [-0.15, -0.1) is 0 Å². The third-order valence-electron chi connectivity index (χ3n) is 3.94. The third-order valence-corrected chi connectivity index (χ3v) is 3.94. The summed E-state index contributed by atoms with van der Waals surface area (Å²) in [6, 6.07) is 3.76. The van der Waals surface area contributed by atoms with Gasteiger partial charge in [-0.05, 0) is 52.2 Å². The molecule has 1 aromatic heterocycles. The van der Waals surface area contributed by atoms with Crippen LogP contribution in [0.4, 0.5) is 4.79 Å². The Labute approximate surface area is 148 Å². The average molecular weight is 352 g/mol. The zero-order valence-electron chi connectivity index (χ0n) is 15.2. The lowest BCUT2D eigenvalue weighted by atomic mass is 9.96. The van der Waals surface area contributed by atoms with Crippen molar-refractivity contribution in [1.29, 1.82) is 0 Å². The van der Waals surface area contributed by atoms with E-state index in [4.69, 9.17) is 14.0 Å². The Morgan fingerprint density at radius 2 is 2.04 bits per heavy atom. The Hall–Kier alpha value is -2.02. The average Bonchev–Trinajstić information content (AvgIpc) is 3.06. The minimum absolute atomic E-state index is 0.123. The van der Waals surface area contributed by atoms with Crippen molar-refractivity contribution < 1.29 is 23.6 Å². The van der Waals surface area contributed by atoms with E-state index in [0.717, 1.165) is 18.6 Å². The van der Waals surface area contributed by atoms with Crippen molar-refractivity contribution in [1.82, 2.24) is 10.4 Å². The number of hydroxylamine groups is 1. The number of aryl methyl sites for hydroxylation is 1. The molecule has 0 aliphatic carbocycles. The normalized spacial score (nSPS) is 15.9. The Morgan fingerprint density at radius 1 is 1.32 bits per heavy atom. The highest BCUT2D eigenvalue weighted by Gasteiger charge is 2.29. The van der Waals surface area contributed by atoms with Crippen molar-refractivity contribution >= 4 is 12.0 Å². The molecule has 2 amide bonds. The highest BCUT2D eigenvalue weighted by Crippen LogP contribution is 2.19. The fourth-order valence-corrected chi connectivity index (χ4v) is 2.63. The van der Waals surface area contributed by atoms with Gasteiger partial charge in [-0.3, -0.25) is 9.63 Å². The summed E-state index contributed by atoms with van der Waals surface area (Å²) in [4.78, 5) is 31.0. The summed E-state index contributed by atoms with van der Waals surface area (Å²) in [5, 5.41) is 0. The molecular weight excluding hydrogens is 324 g/mol. The summed E-state index contributed by atoms with van der Waals surface area (Å²) in [5.41, 5.74) is 2.01. The minimum atomic E-state index is -0.505. The van der Waals surface area contributed by atoms with Crippen LogP contribution in [0.25, 0.3) is 0 Å². The molecule has 0 unspecified atom stereocenters. The van der Waals surface area contributed by atoms with E-state index in [9.17, 15) is 9.59 Å². The molecule has 7 nitrogen and oxygen atoms in total. The number of likely N-dealkylation sites (tertiary alicyclic amines) is 1. The first-order valence-electron chi connectivity index (χ1n) is 8.77. The first kappa shape index (κ1) is 19.3. The van der Waals surface area contributed by atoms with Gasteiger partial charge >= 0.3 is 6.09 Å². The lowest BCUT2D eigenvalue weighted by Gasteiger charge is -2.32. The molecule has 25 heavy (non-hydrogen) atoms. The molecule has 0 spiro atoms. The maximum atomic E-state index is 12.1. The van der Waals surface area contributed by atoms with E-state index in [2.05, 4.69) is 5.48 Å². The predicted molar refractivity (Wildman–Crippen MR) is 91.7 cm³/mol. The molecule has 2 rings (SSSR count). The van der Waals surface area contributed by atoms with Gasteiger partial charge in [-0.2, -0.15) is 0 Å². The molecule has 0 bridgehead atoms. The summed E-state index contributed by atoms with van der Waals surface area (Å²) in [6.07, 6.45) is 4.09. The molecule has 1 N–H and O–H groups in total. The van der Waals surface area contributed by atoms with E-state index in [1.165, 1.54) is 0 Å². The van der Waals surface area contributed by atoms with Gasteiger partial charge in [-0.25, -0.2) is 10.3 Å². The second kappa shape index (κ2) is 8.89. The van der Waals surface area contributed by atoms with Crippen LogP contribution in [-0.4, -0.2) is 42.2 Å². The number of hydrogen-bond acceptors (Lipinski definition) is 5. The monoisotopic (exact) mass is 352 g/mol.